The van der Waals surface area contributed by atoms with E-state index in [1.54, 1.807) is 24.3 Å². The third kappa shape index (κ3) is 3.89. The smallest absolute Gasteiger partial charge is 0.338 e. The first-order valence-electron chi connectivity index (χ1n) is 10.7. The Kier molecular flexibility index (Phi) is 5.62. The van der Waals surface area contributed by atoms with Crippen LogP contribution in [0.2, 0.25) is 10.0 Å². The van der Waals surface area contributed by atoms with Gasteiger partial charge >= 0.3 is 5.97 Å². The molecule has 2 bridgehead atoms. The Morgan fingerprint density at radius 2 is 1.61 bits per heavy atom. The van der Waals surface area contributed by atoms with Gasteiger partial charge in [0, 0.05) is 5.02 Å². The second-order valence-electron chi connectivity index (χ2n) is 8.69. The Balaban J connectivity index is 1.20. The van der Waals surface area contributed by atoms with Crippen LogP contribution in [0, 0.1) is 23.7 Å². The van der Waals surface area contributed by atoms with Gasteiger partial charge in [0.05, 0.1) is 33.8 Å². The number of esters is 1. The molecule has 3 aliphatic rings. The first kappa shape index (κ1) is 21.9. The van der Waals surface area contributed by atoms with E-state index in [2.05, 4.69) is 5.32 Å². The standard InChI is InChI=1S/C24H20Cl2N2O5/c25-15-5-8-18(17(26)10-15)27-19(29)11-33-24(32)12-3-6-16(7-4-12)28-22(30)20-13-1-2-14(9-13)21(20)23(28)31/h3-8,10,13-14,20-21H,1-2,9,11H2,(H,27,29)/t13-,14-,20+,21+/m0/s1. The number of nitrogens with one attached hydrogen (secondary N) is 1. The molecule has 2 aromatic rings. The van der Waals surface area contributed by atoms with E-state index in [0.717, 1.165) is 19.3 Å². The molecule has 4 atom stereocenters. The third-order valence-electron chi connectivity index (χ3n) is 6.83. The minimum absolute atomic E-state index is 0.134. The largest absolute Gasteiger partial charge is 0.452 e. The predicted molar refractivity (Wildman–Crippen MR) is 122 cm³/mol. The molecule has 9 heteroatoms. The average molecular weight is 487 g/mol. The van der Waals surface area contributed by atoms with Crippen molar-refractivity contribution in [2.45, 2.75) is 19.3 Å². The normalized spacial score (nSPS) is 25.3. The van der Waals surface area contributed by atoms with Gasteiger partial charge < -0.3 is 10.1 Å². The van der Waals surface area contributed by atoms with Gasteiger partial charge in [-0.1, -0.05) is 23.2 Å². The molecule has 0 aromatic heterocycles. The fraction of sp³-hybridized carbons (Fsp3) is 0.333. The highest BCUT2D eigenvalue weighted by Gasteiger charge is 2.61. The number of fused-ring (bicyclic) bond motifs is 5. The van der Waals surface area contributed by atoms with E-state index in [1.165, 1.54) is 23.1 Å². The zero-order valence-corrected chi connectivity index (χ0v) is 18.9. The van der Waals surface area contributed by atoms with Crippen LogP contribution in [-0.2, 0) is 19.1 Å². The second kappa shape index (κ2) is 8.47. The highest BCUT2D eigenvalue weighted by atomic mass is 35.5. The zero-order chi connectivity index (χ0) is 23.3. The molecule has 33 heavy (non-hydrogen) atoms. The molecule has 2 saturated carbocycles. The van der Waals surface area contributed by atoms with Crippen LogP contribution >= 0.6 is 23.2 Å². The quantitative estimate of drug-likeness (QED) is 0.501. The Labute approximate surface area is 200 Å². The maximum absolute atomic E-state index is 12.9. The summed E-state index contributed by atoms with van der Waals surface area (Å²) < 4.78 is 5.06. The van der Waals surface area contributed by atoms with Crippen molar-refractivity contribution in [1.29, 1.82) is 0 Å². The molecule has 1 N–H and O–H groups in total. The lowest BCUT2D eigenvalue weighted by atomic mass is 9.81. The van der Waals surface area contributed by atoms with Crippen molar-refractivity contribution in [1.82, 2.24) is 0 Å². The van der Waals surface area contributed by atoms with E-state index in [1.807, 2.05) is 0 Å². The molecule has 0 radical (unpaired) electrons. The second-order valence-corrected chi connectivity index (χ2v) is 9.54. The maximum Gasteiger partial charge on any atom is 0.338 e. The fourth-order valence-corrected chi connectivity index (χ4v) is 5.86. The summed E-state index contributed by atoms with van der Waals surface area (Å²) in [6.07, 6.45) is 3.01. The Bertz CT molecular complexity index is 1140. The molecule has 3 fully saturated rings. The van der Waals surface area contributed by atoms with Crippen LogP contribution in [0.15, 0.2) is 42.5 Å². The summed E-state index contributed by atoms with van der Waals surface area (Å²) in [6, 6.07) is 10.7. The van der Waals surface area contributed by atoms with Crippen molar-refractivity contribution < 1.29 is 23.9 Å². The van der Waals surface area contributed by atoms with E-state index < -0.39 is 18.5 Å². The van der Waals surface area contributed by atoms with Crippen molar-refractivity contribution in [2.75, 3.05) is 16.8 Å². The van der Waals surface area contributed by atoms with E-state index in [9.17, 15) is 19.2 Å². The lowest BCUT2D eigenvalue weighted by molar-refractivity contribution is -0.123. The van der Waals surface area contributed by atoms with Gasteiger partial charge in [-0.25, -0.2) is 4.79 Å². The van der Waals surface area contributed by atoms with Crippen LogP contribution in [0.4, 0.5) is 11.4 Å². The number of nitrogens with zero attached hydrogens (tertiary/aromatic N) is 1. The summed E-state index contributed by atoms with van der Waals surface area (Å²) in [5.41, 5.74) is 1.01. The lowest BCUT2D eigenvalue weighted by Crippen LogP contribution is -2.32. The monoisotopic (exact) mass is 486 g/mol. The van der Waals surface area contributed by atoms with Gasteiger partial charge in [0.1, 0.15) is 0 Å². The number of hydrogen-bond donors (Lipinski definition) is 1. The Hall–Kier alpha value is -2.90. The molecule has 1 heterocycles. The number of amides is 3. The molecule has 5 rings (SSSR count). The molecule has 0 spiro atoms. The van der Waals surface area contributed by atoms with Gasteiger partial charge in [0.25, 0.3) is 5.91 Å². The van der Waals surface area contributed by atoms with Gasteiger partial charge in [-0.05, 0) is 73.6 Å². The first-order valence-corrected chi connectivity index (χ1v) is 11.5. The number of ether oxygens (including phenoxy) is 1. The van der Waals surface area contributed by atoms with Gasteiger partial charge in [-0.2, -0.15) is 0 Å². The predicted octanol–water partition coefficient (Wildman–Crippen LogP) is 4.32. The number of anilines is 2. The Morgan fingerprint density at radius 1 is 0.970 bits per heavy atom. The van der Waals surface area contributed by atoms with E-state index >= 15 is 0 Å². The lowest BCUT2D eigenvalue weighted by Gasteiger charge is -2.19. The molecule has 2 aliphatic carbocycles. The van der Waals surface area contributed by atoms with Crippen molar-refractivity contribution in [2.24, 2.45) is 23.7 Å². The van der Waals surface area contributed by atoms with Crippen LogP contribution in [0.1, 0.15) is 29.6 Å². The van der Waals surface area contributed by atoms with E-state index in [-0.39, 0.29) is 34.2 Å². The topological polar surface area (TPSA) is 92.8 Å². The van der Waals surface area contributed by atoms with Crippen LogP contribution in [0.5, 0.6) is 0 Å². The summed E-state index contributed by atoms with van der Waals surface area (Å²) >= 11 is 11.8. The summed E-state index contributed by atoms with van der Waals surface area (Å²) in [5, 5.41) is 3.24. The highest BCUT2D eigenvalue weighted by molar-refractivity contribution is 6.36. The zero-order valence-electron chi connectivity index (χ0n) is 17.4. The molecule has 2 aromatic carbocycles. The van der Waals surface area contributed by atoms with Crippen LogP contribution in [0.25, 0.3) is 0 Å². The SMILES string of the molecule is O=C(COC(=O)c1ccc(N2C(=O)[C@@H]3[C@H]4CC[C@@H](C4)[C@H]3C2=O)cc1)Nc1ccc(Cl)cc1Cl. The van der Waals surface area contributed by atoms with Gasteiger partial charge in [-0.15, -0.1) is 0 Å². The van der Waals surface area contributed by atoms with Crippen LogP contribution in [-0.4, -0.2) is 30.3 Å². The van der Waals surface area contributed by atoms with E-state index in [4.69, 9.17) is 27.9 Å². The summed E-state index contributed by atoms with van der Waals surface area (Å²) in [7, 11) is 0. The number of rotatable bonds is 5. The number of imide groups is 1. The first-order chi connectivity index (χ1) is 15.8. The summed E-state index contributed by atoms with van der Waals surface area (Å²) in [6.45, 7) is -0.505. The minimum atomic E-state index is -0.701. The average Bonchev–Trinajstić information content (AvgIpc) is 3.48. The fourth-order valence-electron chi connectivity index (χ4n) is 5.40. The van der Waals surface area contributed by atoms with Crippen molar-refractivity contribution in [3.63, 3.8) is 0 Å². The van der Waals surface area contributed by atoms with Gasteiger partial charge in [-0.3, -0.25) is 19.3 Å². The van der Waals surface area contributed by atoms with Crippen molar-refractivity contribution >= 4 is 58.3 Å². The Morgan fingerprint density at radius 3 is 2.21 bits per heavy atom. The summed E-state index contributed by atoms with van der Waals surface area (Å²) in [5.74, 6) is -1.31. The number of carbonyl (C=O) groups is 4. The van der Waals surface area contributed by atoms with Gasteiger partial charge in [0.15, 0.2) is 6.61 Å². The molecular weight excluding hydrogens is 467 g/mol. The number of carbonyl (C=O) groups excluding carboxylic acids is 4. The molecular formula is C24H20Cl2N2O5. The maximum atomic E-state index is 12.9. The number of halogens is 2. The third-order valence-corrected chi connectivity index (χ3v) is 7.38. The molecule has 0 unspecified atom stereocenters. The molecule has 7 nitrogen and oxygen atoms in total. The van der Waals surface area contributed by atoms with Crippen LogP contribution < -0.4 is 10.2 Å². The van der Waals surface area contributed by atoms with Crippen molar-refractivity contribution in [3.05, 3.63) is 58.1 Å². The molecule has 3 amide bonds. The highest BCUT2D eigenvalue weighted by Crippen LogP contribution is 2.56. The molecule has 1 aliphatic heterocycles. The molecule has 1 saturated heterocycles. The van der Waals surface area contributed by atoms with Crippen LogP contribution in [0.3, 0.4) is 0 Å². The number of benzene rings is 2. The summed E-state index contributed by atoms with van der Waals surface area (Å²) in [4.78, 5) is 51.5. The van der Waals surface area contributed by atoms with Crippen molar-refractivity contribution in [3.8, 4) is 0 Å². The molecule has 170 valence electrons. The van der Waals surface area contributed by atoms with Gasteiger partial charge in [0.2, 0.25) is 11.8 Å². The van der Waals surface area contributed by atoms with E-state index in [0.29, 0.717) is 28.2 Å². The minimum Gasteiger partial charge on any atom is -0.452 e. The number of hydrogen-bond acceptors (Lipinski definition) is 5.